The van der Waals surface area contributed by atoms with Crippen LogP contribution < -0.4 is 10.6 Å². The lowest BCUT2D eigenvalue weighted by atomic mass is 10.1. The molecule has 0 spiro atoms. The van der Waals surface area contributed by atoms with Crippen LogP contribution in [-0.2, 0) is 0 Å². The summed E-state index contributed by atoms with van der Waals surface area (Å²) < 4.78 is 5.03. The summed E-state index contributed by atoms with van der Waals surface area (Å²) in [6.45, 7) is 4.17. The van der Waals surface area contributed by atoms with E-state index in [0.717, 1.165) is 12.8 Å². The molecule has 0 saturated carbocycles. The minimum absolute atomic E-state index is 0.0995. The number of rotatable bonds is 8. The van der Waals surface area contributed by atoms with Crippen LogP contribution in [-0.4, -0.2) is 17.9 Å². The zero-order chi connectivity index (χ0) is 16.7. The van der Waals surface area contributed by atoms with E-state index in [0.29, 0.717) is 9.88 Å². The molecule has 6 heteroatoms. The van der Waals surface area contributed by atoms with Crippen molar-refractivity contribution in [2.45, 2.75) is 45.6 Å². The molecule has 0 saturated heterocycles. The Morgan fingerprint density at radius 2 is 2.04 bits per heavy atom. The van der Waals surface area contributed by atoms with Gasteiger partial charge < -0.3 is 15.1 Å². The lowest BCUT2D eigenvalue weighted by molar-refractivity contribution is 0.0941. The molecular weight excluding hydrogens is 312 g/mol. The van der Waals surface area contributed by atoms with Gasteiger partial charge in [-0.05, 0) is 37.6 Å². The van der Waals surface area contributed by atoms with Crippen molar-refractivity contribution in [3.8, 4) is 0 Å². The fourth-order valence-corrected chi connectivity index (χ4v) is 2.98. The molecule has 0 radical (unpaired) electrons. The van der Waals surface area contributed by atoms with E-state index >= 15 is 0 Å². The SMILES string of the molecule is CCCCCC(C)NC(=O)c1ccc(NC(=O)c2ccco2)s1. The second-order valence-corrected chi connectivity index (χ2v) is 6.55. The summed E-state index contributed by atoms with van der Waals surface area (Å²) in [5.74, 6) is -0.178. The number of unbranched alkanes of at least 4 members (excludes halogenated alkanes) is 2. The molecule has 0 aliphatic rings. The van der Waals surface area contributed by atoms with E-state index in [2.05, 4.69) is 17.6 Å². The molecule has 1 unspecified atom stereocenters. The lowest BCUT2D eigenvalue weighted by Crippen LogP contribution is -2.31. The standard InChI is InChI=1S/C17H22N2O3S/c1-3-4-5-7-12(2)18-17(21)14-9-10-15(23-14)19-16(20)13-8-6-11-22-13/h6,8-12H,3-5,7H2,1-2H3,(H,18,21)(H,19,20). The maximum Gasteiger partial charge on any atom is 0.291 e. The molecule has 2 aromatic heterocycles. The Balaban J connectivity index is 1.86. The van der Waals surface area contributed by atoms with Crippen LogP contribution in [0.5, 0.6) is 0 Å². The summed E-state index contributed by atoms with van der Waals surface area (Å²) >= 11 is 1.25. The molecule has 0 aromatic carbocycles. The zero-order valence-corrected chi connectivity index (χ0v) is 14.2. The Kier molecular flexibility index (Phi) is 6.40. The first-order valence-corrected chi connectivity index (χ1v) is 8.67. The zero-order valence-electron chi connectivity index (χ0n) is 13.4. The summed E-state index contributed by atoms with van der Waals surface area (Å²) in [5.41, 5.74) is 0. The van der Waals surface area contributed by atoms with Crippen molar-refractivity contribution in [2.24, 2.45) is 0 Å². The van der Waals surface area contributed by atoms with Gasteiger partial charge in [0.25, 0.3) is 11.8 Å². The van der Waals surface area contributed by atoms with Crippen molar-refractivity contribution in [3.05, 3.63) is 41.2 Å². The van der Waals surface area contributed by atoms with Crippen LogP contribution >= 0.6 is 11.3 Å². The minimum Gasteiger partial charge on any atom is -0.459 e. The van der Waals surface area contributed by atoms with Gasteiger partial charge in [0.15, 0.2) is 5.76 Å². The number of hydrogen-bond donors (Lipinski definition) is 2. The third-order valence-electron chi connectivity index (χ3n) is 3.43. The number of nitrogens with one attached hydrogen (secondary N) is 2. The number of amides is 2. The molecule has 2 heterocycles. The fraction of sp³-hybridized carbons (Fsp3) is 0.412. The van der Waals surface area contributed by atoms with E-state index in [-0.39, 0.29) is 23.6 Å². The predicted octanol–water partition coefficient (Wildman–Crippen LogP) is 4.29. The van der Waals surface area contributed by atoms with Gasteiger partial charge in [-0.25, -0.2) is 0 Å². The van der Waals surface area contributed by atoms with Crippen LogP contribution in [0.25, 0.3) is 0 Å². The highest BCUT2D eigenvalue weighted by Gasteiger charge is 2.14. The molecule has 0 fully saturated rings. The Bertz CT molecular complexity index is 634. The Morgan fingerprint density at radius 1 is 1.22 bits per heavy atom. The number of carbonyl (C=O) groups is 2. The van der Waals surface area contributed by atoms with Gasteiger partial charge in [0.05, 0.1) is 16.1 Å². The van der Waals surface area contributed by atoms with Crippen LogP contribution in [0.1, 0.15) is 59.8 Å². The molecule has 0 aliphatic carbocycles. The molecule has 0 bridgehead atoms. The second kappa shape index (κ2) is 8.53. The van der Waals surface area contributed by atoms with E-state index in [4.69, 9.17) is 4.42 Å². The summed E-state index contributed by atoms with van der Waals surface area (Å²) in [6, 6.07) is 6.84. The summed E-state index contributed by atoms with van der Waals surface area (Å²) in [6.07, 6.45) is 5.90. The van der Waals surface area contributed by atoms with Gasteiger partial charge in [-0.1, -0.05) is 26.2 Å². The van der Waals surface area contributed by atoms with Gasteiger partial charge >= 0.3 is 0 Å². The van der Waals surface area contributed by atoms with Crippen molar-refractivity contribution < 1.29 is 14.0 Å². The van der Waals surface area contributed by atoms with Crippen LogP contribution in [0, 0.1) is 0 Å². The van der Waals surface area contributed by atoms with E-state index in [1.807, 2.05) is 6.92 Å². The van der Waals surface area contributed by atoms with Crippen molar-refractivity contribution >= 4 is 28.2 Å². The number of furan rings is 1. The molecular formula is C17H22N2O3S. The topological polar surface area (TPSA) is 71.3 Å². The summed E-state index contributed by atoms with van der Waals surface area (Å²) in [5, 5.41) is 6.33. The molecule has 0 aliphatic heterocycles. The highest BCUT2D eigenvalue weighted by atomic mass is 32.1. The predicted molar refractivity (Wildman–Crippen MR) is 92.1 cm³/mol. The average molecular weight is 334 g/mol. The van der Waals surface area contributed by atoms with Crippen molar-refractivity contribution in [2.75, 3.05) is 5.32 Å². The first-order chi connectivity index (χ1) is 11.1. The summed E-state index contributed by atoms with van der Waals surface area (Å²) in [4.78, 5) is 24.6. The monoisotopic (exact) mass is 334 g/mol. The molecule has 1 atom stereocenters. The molecule has 2 rings (SSSR count). The van der Waals surface area contributed by atoms with Crippen molar-refractivity contribution in [3.63, 3.8) is 0 Å². The highest BCUT2D eigenvalue weighted by Crippen LogP contribution is 2.22. The van der Waals surface area contributed by atoms with Gasteiger partial charge in [0.1, 0.15) is 0 Å². The van der Waals surface area contributed by atoms with Crippen LogP contribution in [0.15, 0.2) is 34.9 Å². The largest absolute Gasteiger partial charge is 0.459 e. The molecule has 2 amide bonds. The quantitative estimate of drug-likeness (QED) is 0.707. The van der Waals surface area contributed by atoms with Gasteiger partial charge in [0, 0.05) is 6.04 Å². The van der Waals surface area contributed by atoms with Gasteiger partial charge in [-0.2, -0.15) is 0 Å². The summed E-state index contributed by atoms with van der Waals surface area (Å²) in [7, 11) is 0. The molecule has 5 nitrogen and oxygen atoms in total. The third kappa shape index (κ3) is 5.25. The van der Waals surface area contributed by atoms with Gasteiger partial charge in [0.2, 0.25) is 0 Å². The molecule has 2 aromatic rings. The normalized spacial score (nSPS) is 11.9. The first-order valence-electron chi connectivity index (χ1n) is 7.85. The van der Waals surface area contributed by atoms with Crippen LogP contribution in [0.3, 0.4) is 0 Å². The Morgan fingerprint density at radius 3 is 2.74 bits per heavy atom. The smallest absolute Gasteiger partial charge is 0.291 e. The van der Waals surface area contributed by atoms with E-state index in [9.17, 15) is 9.59 Å². The molecule has 23 heavy (non-hydrogen) atoms. The lowest BCUT2D eigenvalue weighted by Gasteiger charge is -2.12. The van der Waals surface area contributed by atoms with Gasteiger partial charge in [-0.15, -0.1) is 11.3 Å². The number of carbonyl (C=O) groups excluding carboxylic acids is 2. The van der Waals surface area contributed by atoms with E-state index in [1.165, 1.54) is 30.4 Å². The number of anilines is 1. The fourth-order valence-electron chi connectivity index (χ4n) is 2.18. The third-order valence-corrected chi connectivity index (χ3v) is 4.43. The highest BCUT2D eigenvalue weighted by molar-refractivity contribution is 7.18. The average Bonchev–Trinajstić information content (AvgIpc) is 3.19. The second-order valence-electron chi connectivity index (χ2n) is 5.47. The Hall–Kier alpha value is -2.08. The maximum absolute atomic E-state index is 12.2. The maximum atomic E-state index is 12.2. The van der Waals surface area contributed by atoms with Crippen LogP contribution in [0.4, 0.5) is 5.00 Å². The Labute approximate surface area is 140 Å². The van der Waals surface area contributed by atoms with Crippen molar-refractivity contribution in [1.29, 1.82) is 0 Å². The van der Waals surface area contributed by atoms with Crippen LogP contribution in [0.2, 0.25) is 0 Å². The first kappa shape index (κ1) is 17.3. The molecule has 2 N–H and O–H groups in total. The molecule has 124 valence electrons. The minimum atomic E-state index is -0.322. The van der Waals surface area contributed by atoms with E-state index < -0.39 is 0 Å². The number of thiophene rings is 1. The van der Waals surface area contributed by atoms with Gasteiger partial charge in [-0.3, -0.25) is 9.59 Å². The number of hydrogen-bond acceptors (Lipinski definition) is 4. The van der Waals surface area contributed by atoms with E-state index in [1.54, 1.807) is 24.3 Å². The van der Waals surface area contributed by atoms with Crippen molar-refractivity contribution in [1.82, 2.24) is 5.32 Å².